The highest BCUT2D eigenvalue weighted by Gasteiger charge is 2.38. The van der Waals surface area contributed by atoms with Crippen LogP contribution in [0, 0.1) is 0 Å². The van der Waals surface area contributed by atoms with Gasteiger partial charge in [-0.15, -0.1) is 0 Å². The van der Waals surface area contributed by atoms with E-state index in [9.17, 15) is 31.9 Å². The van der Waals surface area contributed by atoms with E-state index in [-0.39, 0.29) is 25.2 Å². The number of carbonyl (C=O) groups is 4. The van der Waals surface area contributed by atoms with Crippen molar-refractivity contribution in [2.24, 2.45) is 4.99 Å². The van der Waals surface area contributed by atoms with Gasteiger partial charge < -0.3 is 36.6 Å². The van der Waals surface area contributed by atoms with E-state index in [0.29, 0.717) is 11.6 Å². The second-order valence-corrected chi connectivity index (χ2v) is 6.90. The van der Waals surface area contributed by atoms with E-state index in [2.05, 4.69) is 26.3 Å². The Morgan fingerprint density at radius 1 is 1.20 bits per heavy atom. The molecule has 0 bridgehead atoms. The van der Waals surface area contributed by atoms with E-state index in [0.717, 1.165) is 0 Å². The third-order valence-corrected chi connectivity index (χ3v) is 3.98. The van der Waals surface area contributed by atoms with Crippen LogP contribution in [0.2, 0.25) is 0 Å². The van der Waals surface area contributed by atoms with Crippen LogP contribution in [0.5, 0.6) is 0 Å². The minimum absolute atomic E-state index is 0.0569. The second kappa shape index (κ2) is 13.7. The van der Waals surface area contributed by atoms with Crippen LogP contribution < -0.4 is 21.3 Å². The number of aliphatic hydroxyl groups is 1. The number of hydrogen-bond donors (Lipinski definition) is 7. The molecule has 1 aliphatic rings. The molecular formula is C19H23F4N5O7. The van der Waals surface area contributed by atoms with Crippen molar-refractivity contribution in [1.82, 2.24) is 16.0 Å². The molecule has 0 aliphatic carbocycles. The number of guanidine groups is 1. The summed E-state index contributed by atoms with van der Waals surface area (Å²) in [5.41, 5.74) is 0.837. The summed E-state index contributed by atoms with van der Waals surface area (Å²) in [5, 5.41) is 35.3. The van der Waals surface area contributed by atoms with Crippen molar-refractivity contribution in [3.8, 4) is 0 Å². The zero-order valence-electron chi connectivity index (χ0n) is 17.9. The molecule has 0 spiro atoms. The van der Waals surface area contributed by atoms with Gasteiger partial charge in [0.25, 0.3) is 5.91 Å². The number of nitrogens with zero attached hydrogens (tertiary/aromatic N) is 1. The first-order chi connectivity index (χ1) is 16.3. The summed E-state index contributed by atoms with van der Waals surface area (Å²) in [6.45, 7) is -0.696. The summed E-state index contributed by atoms with van der Waals surface area (Å²) < 4.78 is 44.8. The molecule has 1 heterocycles. The van der Waals surface area contributed by atoms with E-state index in [4.69, 9.17) is 20.1 Å². The molecule has 35 heavy (non-hydrogen) atoms. The number of aliphatic hydroxyl groups excluding tert-OH is 1. The number of hydrogen-bond acceptors (Lipinski definition) is 8. The number of alkyl halides is 4. The fraction of sp³-hybridized carbons (Fsp3) is 0.421. The van der Waals surface area contributed by atoms with Crippen molar-refractivity contribution in [1.29, 1.82) is 0 Å². The van der Waals surface area contributed by atoms with Crippen LogP contribution in [0.4, 0.5) is 23.2 Å². The predicted molar refractivity (Wildman–Crippen MR) is 113 cm³/mol. The Labute approximate surface area is 195 Å². The molecule has 7 N–H and O–H groups in total. The van der Waals surface area contributed by atoms with Gasteiger partial charge in [0.05, 0.1) is 38.7 Å². The average Bonchev–Trinajstić information content (AvgIpc) is 2.78. The van der Waals surface area contributed by atoms with Gasteiger partial charge in [-0.3, -0.25) is 14.4 Å². The molecule has 1 aromatic rings. The Balaban J connectivity index is 0.000000762. The molecule has 12 nitrogen and oxygen atoms in total. The molecule has 1 unspecified atom stereocenters. The number of anilines is 1. The fourth-order valence-electron chi connectivity index (χ4n) is 2.39. The van der Waals surface area contributed by atoms with Crippen molar-refractivity contribution in [3.63, 3.8) is 0 Å². The van der Waals surface area contributed by atoms with Crippen molar-refractivity contribution in [3.05, 3.63) is 29.8 Å². The van der Waals surface area contributed by atoms with E-state index < -0.39 is 55.2 Å². The lowest BCUT2D eigenvalue weighted by atomic mass is 10.2. The molecule has 0 saturated carbocycles. The molecule has 194 valence electrons. The van der Waals surface area contributed by atoms with E-state index in [1.54, 1.807) is 24.3 Å². The smallest absolute Gasteiger partial charge is 0.481 e. The number of halogens is 4. The molecule has 0 aromatic heterocycles. The summed E-state index contributed by atoms with van der Waals surface area (Å²) >= 11 is 0. The highest BCUT2D eigenvalue weighted by molar-refractivity contribution is 5.99. The number of aliphatic carboxylic acids is 2. The lowest BCUT2D eigenvalue weighted by molar-refractivity contribution is -0.192. The Hall–Kier alpha value is -3.95. The fourth-order valence-corrected chi connectivity index (χ4v) is 2.39. The van der Waals surface area contributed by atoms with Gasteiger partial charge in [0, 0.05) is 11.3 Å². The Morgan fingerprint density at radius 3 is 2.37 bits per heavy atom. The molecule has 2 amide bonds. The maximum Gasteiger partial charge on any atom is 0.490 e. The van der Waals surface area contributed by atoms with Crippen LogP contribution in [0.25, 0.3) is 0 Å². The minimum Gasteiger partial charge on any atom is -0.481 e. The van der Waals surface area contributed by atoms with E-state index in [1.807, 2.05) is 0 Å². The summed E-state index contributed by atoms with van der Waals surface area (Å²) in [4.78, 5) is 47.5. The van der Waals surface area contributed by atoms with E-state index in [1.165, 1.54) is 0 Å². The monoisotopic (exact) mass is 509 g/mol. The molecule has 2 atom stereocenters. The number of benzene rings is 1. The van der Waals surface area contributed by atoms with Gasteiger partial charge in [-0.25, -0.2) is 14.2 Å². The number of carboxylic acid groups (broad SMARTS) is 2. The standard InChI is InChI=1S/C17H22FN5O5.C2HF3O2/c18-11-6-20-17(21-7-11)23-12-3-1-2-10(4-12)16(28)19-8-14(25)22-13(9-24)5-15(26)27;3-2(4,5)1(6)7/h1-4,11,13,24H,5-9H2,(H,19,28)(H,22,25)(H,26,27)(H2,20,21,23);(H,6,7)/t13-;/m0./s1. The number of carbonyl (C=O) groups excluding carboxylic acids is 2. The normalized spacial score (nSPS) is 15.8. The van der Waals surface area contributed by atoms with Crippen LogP contribution in [-0.2, 0) is 14.4 Å². The molecule has 16 heteroatoms. The third-order valence-electron chi connectivity index (χ3n) is 3.98. The first kappa shape index (κ1) is 29.1. The van der Waals surface area contributed by atoms with Crippen LogP contribution in [0.1, 0.15) is 16.8 Å². The van der Waals surface area contributed by atoms with Crippen molar-refractivity contribution in [2.75, 3.05) is 31.6 Å². The van der Waals surface area contributed by atoms with Gasteiger partial charge in [0.15, 0.2) is 5.96 Å². The minimum atomic E-state index is -5.08. The summed E-state index contributed by atoms with van der Waals surface area (Å²) in [7, 11) is 0. The van der Waals surface area contributed by atoms with Crippen LogP contribution in [0.15, 0.2) is 29.3 Å². The van der Waals surface area contributed by atoms with Gasteiger partial charge in [-0.2, -0.15) is 13.2 Å². The Bertz CT molecular complexity index is 942. The molecule has 1 aliphatic heterocycles. The van der Waals surface area contributed by atoms with Gasteiger partial charge >= 0.3 is 18.1 Å². The SMILES string of the molecule is O=C(O)C(F)(F)F.O=C(O)C[C@@H](CO)NC(=O)CNC(=O)c1cccc(NC2=NCC(F)CN2)c1. The largest absolute Gasteiger partial charge is 0.490 e. The predicted octanol–water partition coefficient (Wildman–Crippen LogP) is -0.289. The highest BCUT2D eigenvalue weighted by Crippen LogP contribution is 2.13. The highest BCUT2D eigenvalue weighted by atomic mass is 19.4. The summed E-state index contributed by atoms with van der Waals surface area (Å²) in [6, 6.07) is 5.50. The van der Waals surface area contributed by atoms with Gasteiger partial charge in [0.2, 0.25) is 5.91 Å². The van der Waals surface area contributed by atoms with Crippen molar-refractivity contribution in [2.45, 2.75) is 24.8 Å². The second-order valence-electron chi connectivity index (χ2n) is 6.90. The molecule has 0 fully saturated rings. The quantitative estimate of drug-likeness (QED) is 0.231. The molecule has 2 rings (SSSR count). The van der Waals surface area contributed by atoms with Crippen molar-refractivity contribution < 1.29 is 52.1 Å². The van der Waals surface area contributed by atoms with Crippen LogP contribution >= 0.6 is 0 Å². The number of aliphatic imine (C=N–C) groups is 1. The lowest BCUT2D eigenvalue weighted by Gasteiger charge is -2.19. The first-order valence-electron chi connectivity index (χ1n) is 9.81. The Kier molecular flexibility index (Phi) is 11.4. The number of carboxylic acids is 2. The topological polar surface area (TPSA) is 189 Å². The molecular weight excluding hydrogens is 486 g/mol. The molecule has 0 radical (unpaired) electrons. The van der Waals surface area contributed by atoms with Crippen molar-refractivity contribution >= 4 is 35.4 Å². The maximum atomic E-state index is 13.1. The van der Waals surface area contributed by atoms with Gasteiger partial charge in [0.1, 0.15) is 6.17 Å². The zero-order chi connectivity index (χ0) is 26.6. The average molecular weight is 509 g/mol. The molecule has 1 aromatic carbocycles. The maximum absolute atomic E-state index is 13.1. The third kappa shape index (κ3) is 11.6. The zero-order valence-corrected chi connectivity index (χ0v) is 17.9. The summed E-state index contributed by atoms with van der Waals surface area (Å²) in [5.74, 6) is -4.65. The van der Waals surface area contributed by atoms with Gasteiger partial charge in [-0.1, -0.05) is 6.07 Å². The number of rotatable bonds is 8. The van der Waals surface area contributed by atoms with Gasteiger partial charge in [-0.05, 0) is 18.2 Å². The summed E-state index contributed by atoms with van der Waals surface area (Å²) in [6.07, 6.45) is -6.54. The number of amides is 2. The first-order valence-corrected chi connectivity index (χ1v) is 9.81. The Morgan fingerprint density at radius 2 is 1.86 bits per heavy atom. The van der Waals surface area contributed by atoms with E-state index >= 15 is 0 Å². The van der Waals surface area contributed by atoms with Crippen LogP contribution in [0.3, 0.4) is 0 Å². The van der Waals surface area contributed by atoms with Crippen LogP contribution in [-0.4, -0.2) is 89.7 Å². The number of nitrogens with one attached hydrogen (secondary N) is 4. The molecule has 0 saturated heterocycles. The lowest BCUT2D eigenvalue weighted by Crippen LogP contribution is -2.44.